The number of hydrogen-bond donors (Lipinski definition) is 1. The van der Waals surface area contributed by atoms with Gasteiger partial charge in [-0.1, -0.05) is 50.1 Å². The van der Waals surface area contributed by atoms with Gasteiger partial charge in [0.25, 0.3) is 10.0 Å². The van der Waals surface area contributed by atoms with Crippen LogP contribution in [0.2, 0.25) is 5.02 Å². The van der Waals surface area contributed by atoms with E-state index >= 15 is 0 Å². The number of anilines is 1. The minimum absolute atomic E-state index is 0.0153. The van der Waals surface area contributed by atoms with E-state index in [0.29, 0.717) is 29.5 Å². The lowest BCUT2D eigenvalue weighted by Gasteiger charge is -2.33. The first-order valence-electron chi connectivity index (χ1n) is 13.9. The zero-order valence-corrected chi connectivity index (χ0v) is 25.6. The maximum Gasteiger partial charge on any atom is 0.264 e. The molecule has 2 amide bonds. The van der Waals surface area contributed by atoms with Crippen LogP contribution in [0.4, 0.5) is 10.1 Å². The van der Waals surface area contributed by atoms with E-state index in [1.807, 2.05) is 13.8 Å². The van der Waals surface area contributed by atoms with Crippen LogP contribution in [0.5, 0.6) is 5.75 Å². The van der Waals surface area contributed by atoms with Crippen LogP contribution < -0.4 is 14.4 Å². The molecule has 0 aliphatic rings. The number of nitrogens with zero attached hydrogens (tertiary/aromatic N) is 2. The highest BCUT2D eigenvalue weighted by molar-refractivity contribution is 7.92. The van der Waals surface area contributed by atoms with Crippen LogP contribution in [0.15, 0.2) is 77.7 Å². The van der Waals surface area contributed by atoms with Crippen molar-refractivity contribution in [2.24, 2.45) is 0 Å². The van der Waals surface area contributed by atoms with Gasteiger partial charge in [0.1, 0.15) is 24.2 Å². The molecular formula is C31H37ClFN3O5S. The second kappa shape index (κ2) is 15.6. The summed E-state index contributed by atoms with van der Waals surface area (Å²) >= 11 is 6.42. The largest absolute Gasteiger partial charge is 0.494 e. The van der Waals surface area contributed by atoms with E-state index in [2.05, 4.69) is 5.32 Å². The molecule has 3 aromatic carbocycles. The van der Waals surface area contributed by atoms with Crippen LogP contribution in [-0.2, 0) is 26.2 Å². The van der Waals surface area contributed by atoms with Gasteiger partial charge in [0, 0.05) is 18.1 Å². The predicted octanol–water partition coefficient (Wildman–Crippen LogP) is 5.80. The molecule has 11 heteroatoms. The van der Waals surface area contributed by atoms with E-state index in [4.69, 9.17) is 16.3 Å². The Morgan fingerprint density at radius 3 is 2.24 bits per heavy atom. The summed E-state index contributed by atoms with van der Waals surface area (Å²) < 4.78 is 48.0. The van der Waals surface area contributed by atoms with Crippen LogP contribution in [0, 0.1) is 5.82 Å². The molecule has 1 unspecified atom stereocenters. The molecule has 0 saturated heterocycles. The molecule has 0 radical (unpaired) electrons. The summed E-state index contributed by atoms with van der Waals surface area (Å²) in [6, 6.07) is 16.7. The SMILES string of the molecule is CCCCNC(=O)C(CC)N(Cc1ccccc1Cl)C(=O)CN(c1ccc(F)cc1)S(=O)(=O)c1ccc(OCC)cc1. The smallest absolute Gasteiger partial charge is 0.264 e. The zero-order valence-electron chi connectivity index (χ0n) is 24.1. The van der Waals surface area contributed by atoms with Gasteiger partial charge in [0.15, 0.2) is 0 Å². The lowest BCUT2D eigenvalue weighted by atomic mass is 10.1. The van der Waals surface area contributed by atoms with Crippen molar-refractivity contribution in [1.82, 2.24) is 10.2 Å². The van der Waals surface area contributed by atoms with Crippen molar-refractivity contribution in [1.29, 1.82) is 0 Å². The zero-order chi connectivity index (χ0) is 30.7. The number of ether oxygens (including phenoxy) is 1. The third-order valence-corrected chi connectivity index (χ3v) is 8.79. The molecule has 3 rings (SSSR count). The number of nitrogens with one attached hydrogen (secondary N) is 1. The molecule has 0 saturated carbocycles. The van der Waals surface area contributed by atoms with Gasteiger partial charge in [0.05, 0.1) is 17.2 Å². The molecule has 1 N–H and O–H groups in total. The molecule has 1 atom stereocenters. The predicted molar refractivity (Wildman–Crippen MR) is 163 cm³/mol. The molecule has 226 valence electrons. The summed E-state index contributed by atoms with van der Waals surface area (Å²) in [4.78, 5) is 28.6. The number of sulfonamides is 1. The molecule has 8 nitrogen and oxygen atoms in total. The number of rotatable bonds is 15. The van der Waals surface area contributed by atoms with Crippen molar-refractivity contribution in [3.8, 4) is 5.75 Å². The lowest BCUT2D eigenvalue weighted by molar-refractivity contribution is -0.140. The van der Waals surface area contributed by atoms with Gasteiger partial charge in [-0.3, -0.25) is 13.9 Å². The Balaban J connectivity index is 2.03. The second-order valence-electron chi connectivity index (χ2n) is 9.57. The van der Waals surface area contributed by atoms with E-state index in [1.54, 1.807) is 31.2 Å². The van der Waals surface area contributed by atoms with E-state index in [0.717, 1.165) is 29.3 Å². The average Bonchev–Trinajstić information content (AvgIpc) is 2.97. The van der Waals surface area contributed by atoms with Gasteiger partial charge < -0.3 is 15.0 Å². The Morgan fingerprint density at radius 2 is 1.64 bits per heavy atom. The van der Waals surface area contributed by atoms with E-state index < -0.39 is 34.3 Å². The highest BCUT2D eigenvalue weighted by atomic mass is 35.5. The third kappa shape index (κ3) is 8.45. The topological polar surface area (TPSA) is 96.0 Å². The van der Waals surface area contributed by atoms with Crippen LogP contribution >= 0.6 is 11.6 Å². The minimum atomic E-state index is -4.30. The van der Waals surface area contributed by atoms with Crippen LogP contribution in [0.25, 0.3) is 0 Å². The fourth-order valence-electron chi connectivity index (χ4n) is 4.37. The number of unbranched alkanes of at least 4 members (excludes halogenated alkanes) is 1. The van der Waals surface area contributed by atoms with Gasteiger partial charge >= 0.3 is 0 Å². The Labute approximate surface area is 252 Å². The molecule has 0 aromatic heterocycles. The van der Waals surface area contributed by atoms with Crippen molar-refractivity contribution in [3.05, 3.63) is 89.2 Å². The van der Waals surface area contributed by atoms with Crippen LogP contribution in [0.1, 0.15) is 45.6 Å². The molecular weight excluding hydrogens is 581 g/mol. The van der Waals surface area contributed by atoms with Crippen molar-refractivity contribution in [2.45, 2.75) is 57.5 Å². The number of hydrogen-bond acceptors (Lipinski definition) is 5. The lowest BCUT2D eigenvalue weighted by Crippen LogP contribution is -2.52. The summed E-state index contributed by atoms with van der Waals surface area (Å²) in [6.07, 6.45) is 1.95. The fraction of sp³-hybridized carbons (Fsp3) is 0.355. The normalized spacial score (nSPS) is 11.9. The second-order valence-corrected chi connectivity index (χ2v) is 11.8. The summed E-state index contributed by atoms with van der Waals surface area (Å²) in [5.41, 5.74) is 0.701. The Kier molecular flexibility index (Phi) is 12.2. The first-order chi connectivity index (χ1) is 20.1. The van der Waals surface area contributed by atoms with E-state index in [1.165, 1.54) is 41.3 Å². The molecule has 0 aliphatic carbocycles. The molecule has 0 fully saturated rings. The van der Waals surface area contributed by atoms with E-state index in [9.17, 15) is 22.4 Å². The van der Waals surface area contributed by atoms with Crippen LogP contribution in [0.3, 0.4) is 0 Å². The maximum atomic E-state index is 14.1. The minimum Gasteiger partial charge on any atom is -0.494 e. The highest BCUT2D eigenvalue weighted by Crippen LogP contribution is 2.27. The number of carbonyl (C=O) groups is 2. The number of benzene rings is 3. The van der Waals surface area contributed by atoms with E-state index in [-0.39, 0.29) is 29.5 Å². The maximum absolute atomic E-state index is 14.1. The highest BCUT2D eigenvalue weighted by Gasteiger charge is 2.34. The van der Waals surface area contributed by atoms with Crippen LogP contribution in [-0.4, -0.2) is 50.9 Å². The van der Waals surface area contributed by atoms with Crippen molar-refractivity contribution in [3.63, 3.8) is 0 Å². The number of halogens is 2. The Bertz CT molecular complexity index is 1440. The summed E-state index contributed by atoms with van der Waals surface area (Å²) in [7, 11) is -4.30. The first kappa shape index (κ1) is 32.9. The van der Waals surface area contributed by atoms with Gasteiger partial charge in [-0.05, 0) is 79.9 Å². The monoisotopic (exact) mass is 617 g/mol. The number of amides is 2. The van der Waals surface area contributed by atoms with Crippen molar-refractivity contribution >= 4 is 39.1 Å². The van der Waals surface area contributed by atoms with Gasteiger partial charge in [-0.25, -0.2) is 12.8 Å². The summed E-state index contributed by atoms with van der Waals surface area (Å²) in [5, 5.41) is 3.29. The molecule has 3 aromatic rings. The summed E-state index contributed by atoms with van der Waals surface area (Å²) in [5.74, 6) is -1.02. The Hall–Kier alpha value is -3.63. The van der Waals surface area contributed by atoms with Gasteiger partial charge in [0.2, 0.25) is 11.8 Å². The van der Waals surface area contributed by atoms with Gasteiger partial charge in [-0.2, -0.15) is 0 Å². The average molecular weight is 618 g/mol. The van der Waals surface area contributed by atoms with Crippen molar-refractivity contribution < 1.29 is 27.1 Å². The fourth-order valence-corrected chi connectivity index (χ4v) is 5.98. The molecule has 0 bridgehead atoms. The summed E-state index contributed by atoms with van der Waals surface area (Å²) in [6.45, 7) is 5.82. The third-order valence-electron chi connectivity index (χ3n) is 6.63. The Morgan fingerprint density at radius 1 is 0.976 bits per heavy atom. The molecule has 42 heavy (non-hydrogen) atoms. The number of carbonyl (C=O) groups excluding carboxylic acids is 2. The molecule has 0 spiro atoms. The molecule has 0 aliphatic heterocycles. The van der Waals surface area contributed by atoms with Gasteiger partial charge in [-0.15, -0.1) is 0 Å². The quantitative estimate of drug-likeness (QED) is 0.218. The van der Waals surface area contributed by atoms with Crippen molar-refractivity contribution in [2.75, 3.05) is 24.0 Å². The standard InChI is InChI=1S/C31H37ClFN3O5S/c1-4-7-20-34-31(38)29(5-2)35(21-23-10-8-9-11-28(23)32)30(37)22-36(25-14-12-24(33)13-15-25)42(39,40)27-18-16-26(17-19-27)41-6-3/h8-19,29H,4-7,20-22H2,1-3H3,(H,34,38). The molecule has 0 heterocycles. The first-order valence-corrected chi connectivity index (χ1v) is 15.8.